The molecule has 7 nitrogen and oxygen atoms in total. The van der Waals surface area contributed by atoms with Gasteiger partial charge in [0.2, 0.25) is 5.91 Å². The third-order valence-electron chi connectivity index (χ3n) is 3.92. The first kappa shape index (κ1) is 16.9. The lowest BCUT2D eigenvalue weighted by molar-refractivity contribution is -0.384. The molecule has 3 rings (SSSR count). The van der Waals surface area contributed by atoms with Gasteiger partial charge in [-0.15, -0.1) is 0 Å². The number of anilines is 2. The van der Waals surface area contributed by atoms with Crippen molar-refractivity contribution >= 4 is 40.5 Å². The van der Waals surface area contributed by atoms with Gasteiger partial charge in [0.1, 0.15) is 0 Å². The van der Waals surface area contributed by atoms with Crippen LogP contribution in [0.1, 0.15) is 23.2 Å². The second-order valence-electron chi connectivity index (χ2n) is 5.54. The van der Waals surface area contributed by atoms with Crippen LogP contribution in [0.5, 0.6) is 0 Å². The fourth-order valence-corrected chi connectivity index (χ4v) is 2.97. The van der Waals surface area contributed by atoms with Gasteiger partial charge in [-0.1, -0.05) is 23.7 Å². The van der Waals surface area contributed by atoms with E-state index in [1.807, 2.05) is 0 Å². The Balaban J connectivity index is 1.87. The second kappa shape index (κ2) is 6.90. The predicted molar refractivity (Wildman–Crippen MR) is 94.1 cm³/mol. The fraction of sp³-hybridized carbons (Fsp3) is 0.176. The number of non-ortho nitro benzene ring substituents is 1. The molecule has 1 fully saturated rings. The van der Waals surface area contributed by atoms with E-state index < -0.39 is 10.8 Å². The number of halogens is 1. The van der Waals surface area contributed by atoms with Gasteiger partial charge in [-0.3, -0.25) is 19.7 Å². The van der Waals surface area contributed by atoms with Crippen molar-refractivity contribution in [2.45, 2.75) is 12.8 Å². The Hall–Kier alpha value is -2.93. The molecule has 1 aliphatic rings. The fourth-order valence-electron chi connectivity index (χ4n) is 2.71. The number of benzene rings is 2. The average Bonchev–Trinajstić information content (AvgIpc) is 3.01. The molecule has 2 aromatic rings. The number of amides is 2. The number of nitrogens with one attached hydrogen (secondary N) is 1. The maximum atomic E-state index is 12.5. The molecule has 0 aromatic heterocycles. The minimum Gasteiger partial charge on any atom is -0.320 e. The molecule has 0 spiro atoms. The summed E-state index contributed by atoms with van der Waals surface area (Å²) < 4.78 is 0. The van der Waals surface area contributed by atoms with Crippen LogP contribution in [0.2, 0.25) is 5.02 Å². The van der Waals surface area contributed by atoms with E-state index in [-0.39, 0.29) is 22.2 Å². The monoisotopic (exact) mass is 359 g/mol. The molecule has 0 aliphatic carbocycles. The van der Waals surface area contributed by atoms with Crippen LogP contribution < -0.4 is 10.2 Å². The topological polar surface area (TPSA) is 92.6 Å². The molecule has 0 atom stereocenters. The third kappa shape index (κ3) is 3.46. The van der Waals surface area contributed by atoms with E-state index in [2.05, 4.69) is 5.32 Å². The first-order chi connectivity index (χ1) is 12.0. The summed E-state index contributed by atoms with van der Waals surface area (Å²) >= 11 is 5.99. The third-order valence-corrected chi connectivity index (χ3v) is 4.24. The molecule has 0 saturated carbocycles. The van der Waals surface area contributed by atoms with Crippen LogP contribution in [0, 0.1) is 10.1 Å². The van der Waals surface area contributed by atoms with Gasteiger partial charge in [-0.2, -0.15) is 0 Å². The standard InChI is InChI=1S/C17H14ClN3O4/c18-13-10-11(21(24)25)7-8-12(13)17(23)19-14-4-1-2-5-15(14)20-9-3-6-16(20)22/h1-2,4-5,7-8,10H,3,6,9H2,(H,19,23). The molecule has 1 heterocycles. The van der Waals surface area contributed by atoms with Crippen LogP contribution in [0.4, 0.5) is 17.1 Å². The number of carbonyl (C=O) groups excluding carboxylic acids is 2. The predicted octanol–water partition coefficient (Wildman–Crippen LogP) is 3.63. The van der Waals surface area contributed by atoms with Crippen molar-refractivity contribution < 1.29 is 14.5 Å². The Morgan fingerprint density at radius 1 is 1.24 bits per heavy atom. The number of nitrogens with zero attached hydrogens (tertiary/aromatic N) is 2. The molecule has 0 bridgehead atoms. The van der Waals surface area contributed by atoms with Crippen molar-refractivity contribution in [2.24, 2.45) is 0 Å². The van der Waals surface area contributed by atoms with Crippen molar-refractivity contribution in [3.63, 3.8) is 0 Å². The highest BCUT2D eigenvalue weighted by molar-refractivity contribution is 6.34. The van der Waals surface area contributed by atoms with Crippen molar-refractivity contribution in [3.8, 4) is 0 Å². The highest BCUT2D eigenvalue weighted by Gasteiger charge is 2.24. The summed E-state index contributed by atoms with van der Waals surface area (Å²) in [6, 6.07) is 10.6. The Bertz CT molecular complexity index is 869. The van der Waals surface area contributed by atoms with Crippen LogP contribution >= 0.6 is 11.6 Å². The molecule has 0 unspecified atom stereocenters. The van der Waals surface area contributed by atoms with Crippen molar-refractivity contribution in [1.29, 1.82) is 0 Å². The molecule has 8 heteroatoms. The minimum atomic E-state index is -0.581. The van der Waals surface area contributed by atoms with E-state index >= 15 is 0 Å². The van der Waals surface area contributed by atoms with Gasteiger partial charge < -0.3 is 10.2 Å². The second-order valence-corrected chi connectivity index (χ2v) is 5.95. The quantitative estimate of drug-likeness (QED) is 0.666. The van der Waals surface area contributed by atoms with Crippen molar-refractivity contribution in [3.05, 3.63) is 63.2 Å². The zero-order valence-electron chi connectivity index (χ0n) is 13.1. The van der Waals surface area contributed by atoms with Crippen LogP contribution in [0.15, 0.2) is 42.5 Å². The molecular formula is C17H14ClN3O4. The SMILES string of the molecule is O=C(Nc1ccccc1N1CCCC1=O)c1ccc([N+](=O)[O-])cc1Cl. The number of hydrogen-bond acceptors (Lipinski definition) is 4. The van der Waals surface area contributed by atoms with Gasteiger partial charge in [0.15, 0.2) is 0 Å². The summed E-state index contributed by atoms with van der Waals surface area (Å²) in [4.78, 5) is 36.3. The number of nitro groups is 1. The van der Waals surface area contributed by atoms with Crippen LogP contribution in [0.25, 0.3) is 0 Å². The van der Waals surface area contributed by atoms with Crippen LogP contribution in [-0.2, 0) is 4.79 Å². The number of rotatable bonds is 4. The summed E-state index contributed by atoms with van der Waals surface area (Å²) in [6.45, 7) is 0.601. The summed E-state index contributed by atoms with van der Waals surface area (Å²) in [6.07, 6.45) is 1.26. The van der Waals surface area contributed by atoms with E-state index in [1.165, 1.54) is 12.1 Å². The highest BCUT2D eigenvalue weighted by atomic mass is 35.5. The number of para-hydroxylation sites is 2. The van der Waals surface area contributed by atoms with E-state index in [0.29, 0.717) is 24.3 Å². The Morgan fingerprint density at radius 3 is 2.64 bits per heavy atom. The molecule has 1 saturated heterocycles. The molecule has 1 N–H and O–H groups in total. The average molecular weight is 360 g/mol. The molecule has 0 radical (unpaired) electrons. The summed E-state index contributed by atoms with van der Waals surface area (Å²) in [5.74, 6) is -0.492. The zero-order chi connectivity index (χ0) is 18.0. The lowest BCUT2D eigenvalue weighted by Gasteiger charge is -2.20. The maximum Gasteiger partial charge on any atom is 0.270 e. The maximum absolute atomic E-state index is 12.5. The van der Waals surface area contributed by atoms with Gasteiger partial charge >= 0.3 is 0 Å². The minimum absolute atomic E-state index is 0.00932. The van der Waals surface area contributed by atoms with Crippen molar-refractivity contribution in [1.82, 2.24) is 0 Å². The normalized spacial score (nSPS) is 13.8. The number of nitro benzene ring substituents is 1. The Kier molecular flexibility index (Phi) is 4.67. The largest absolute Gasteiger partial charge is 0.320 e. The van der Waals surface area contributed by atoms with Crippen LogP contribution in [0.3, 0.4) is 0 Å². The lowest BCUT2D eigenvalue weighted by atomic mass is 10.1. The van der Waals surface area contributed by atoms with Gasteiger partial charge in [0.05, 0.1) is 26.9 Å². The summed E-state index contributed by atoms with van der Waals surface area (Å²) in [5.41, 5.74) is 1.04. The first-order valence-corrected chi connectivity index (χ1v) is 8.00. The van der Waals surface area contributed by atoms with Crippen LogP contribution in [-0.4, -0.2) is 23.3 Å². The summed E-state index contributed by atoms with van der Waals surface area (Å²) in [7, 11) is 0. The smallest absolute Gasteiger partial charge is 0.270 e. The Morgan fingerprint density at radius 2 is 2.00 bits per heavy atom. The molecular weight excluding hydrogens is 346 g/mol. The highest BCUT2D eigenvalue weighted by Crippen LogP contribution is 2.30. The Labute approximate surface area is 148 Å². The van der Waals surface area contributed by atoms with Gasteiger partial charge in [-0.25, -0.2) is 0 Å². The molecule has 2 amide bonds. The molecule has 25 heavy (non-hydrogen) atoms. The molecule has 128 valence electrons. The number of hydrogen-bond donors (Lipinski definition) is 1. The van der Waals surface area contributed by atoms with E-state index in [4.69, 9.17) is 11.6 Å². The zero-order valence-corrected chi connectivity index (χ0v) is 13.8. The lowest BCUT2D eigenvalue weighted by Crippen LogP contribution is -2.25. The van der Waals surface area contributed by atoms with E-state index in [0.717, 1.165) is 12.5 Å². The molecule has 1 aliphatic heterocycles. The number of carbonyl (C=O) groups is 2. The first-order valence-electron chi connectivity index (χ1n) is 7.62. The summed E-state index contributed by atoms with van der Waals surface area (Å²) in [5, 5.41) is 13.5. The van der Waals surface area contributed by atoms with Gasteiger partial charge in [0, 0.05) is 25.1 Å². The van der Waals surface area contributed by atoms with Crippen molar-refractivity contribution in [2.75, 3.05) is 16.8 Å². The van der Waals surface area contributed by atoms with Gasteiger partial charge in [0.25, 0.3) is 11.6 Å². The van der Waals surface area contributed by atoms with Gasteiger partial charge in [-0.05, 0) is 24.6 Å². The molecule has 2 aromatic carbocycles. The van der Waals surface area contributed by atoms with E-state index in [9.17, 15) is 19.7 Å². The van der Waals surface area contributed by atoms with E-state index in [1.54, 1.807) is 29.2 Å².